The molecule has 1 unspecified atom stereocenters. The van der Waals surface area contributed by atoms with Crippen molar-refractivity contribution in [2.24, 2.45) is 5.92 Å². The van der Waals surface area contributed by atoms with Crippen LogP contribution in [0.1, 0.15) is 32.6 Å². The first kappa shape index (κ1) is 11.4. The average Bonchev–Trinajstić information content (AvgIpc) is 3.04. The minimum atomic E-state index is -0.315. The maximum absolute atomic E-state index is 9.76. The maximum atomic E-state index is 9.76. The molecule has 1 atom stereocenters. The zero-order valence-corrected chi connectivity index (χ0v) is 9.89. The van der Waals surface area contributed by atoms with Crippen LogP contribution >= 0.6 is 0 Å². The molecule has 2 rings (SSSR count). The van der Waals surface area contributed by atoms with E-state index in [1.54, 1.807) is 0 Å². The molecule has 0 bridgehead atoms. The van der Waals surface area contributed by atoms with Crippen LogP contribution in [-0.4, -0.2) is 34.4 Å². The Morgan fingerprint density at radius 3 is 2.69 bits per heavy atom. The lowest BCUT2D eigenvalue weighted by molar-refractivity contribution is 0.140. The smallest absolute Gasteiger partial charge is 0.266 e. The van der Waals surface area contributed by atoms with Crippen LogP contribution in [0.25, 0.3) is 0 Å². The first-order valence-electron chi connectivity index (χ1n) is 6.00. The second kappa shape index (κ2) is 4.82. The van der Waals surface area contributed by atoms with Crippen LogP contribution in [0.15, 0.2) is 4.52 Å². The monoisotopic (exact) mass is 225 g/mol. The van der Waals surface area contributed by atoms with E-state index >= 15 is 0 Å². The molecule has 0 aromatic carbocycles. The molecule has 1 aromatic heterocycles. The molecule has 1 heterocycles. The van der Waals surface area contributed by atoms with Crippen LogP contribution in [-0.2, 0) is 6.42 Å². The number of hydrogen-bond donors (Lipinski definition) is 1. The Kier molecular flexibility index (Phi) is 3.43. The van der Waals surface area contributed by atoms with E-state index in [1.807, 2.05) is 4.90 Å². The number of rotatable bonds is 6. The van der Waals surface area contributed by atoms with Gasteiger partial charge in [0.1, 0.15) is 0 Å². The lowest BCUT2D eigenvalue weighted by atomic mass is 10.2. The van der Waals surface area contributed by atoms with Gasteiger partial charge in [-0.2, -0.15) is 4.98 Å². The van der Waals surface area contributed by atoms with Crippen LogP contribution in [0.5, 0.6) is 0 Å². The van der Waals surface area contributed by atoms with Crippen molar-refractivity contribution in [3.63, 3.8) is 0 Å². The molecule has 5 nitrogen and oxygen atoms in total. The van der Waals surface area contributed by atoms with E-state index in [2.05, 4.69) is 24.0 Å². The van der Waals surface area contributed by atoms with Crippen molar-refractivity contribution in [3.05, 3.63) is 5.89 Å². The predicted octanol–water partition coefficient (Wildman–Crippen LogP) is 1.23. The topological polar surface area (TPSA) is 62.4 Å². The van der Waals surface area contributed by atoms with Crippen molar-refractivity contribution in [2.45, 2.75) is 39.2 Å². The molecule has 0 amide bonds. The molecule has 5 heteroatoms. The van der Waals surface area contributed by atoms with Crippen molar-refractivity contribution in [3.8, 4) is 0 Å². The molecule has 90 valence electrons. The van der Waals surface area contributed by atoms with E-state index in [0.29, 0.717) is 24.2 Å². The summed E-state index contributed by atoms with van der Waals surface area (Å²) in [5, 5.41) is 13.7. The first-order valence-corrected chi connectivity index (χ1v) is 6.00. The highest BCUT2D eigenvalue weighted by molar-refractivity contribution is 5.26. The second-order valence-electron chi connectivity index (χ2n) is 4.27. The van der Waals surface area contributed by atoms with E-state index in [9.17, 15) is 5.11 Å². The lowest BCUT2D eigenvalue weighted by Gasteiger charge is -2.14. The molecule has 0 aliphatic heterocycles. The van der Waals surface area contributed by atoms with E-state index < -0.39 is 0 Å². The van der Waals surface area contributed by atoms with Gasteiger partial charge in [-0.3, -0.25) is 0 Å². The van der Waals surface area contributed by atoms with Gasteiger partial charge in [0.05, 0.1) is 12.5 Å². The highest BCUT2D eigenvalue weighted by Gasteiger charge is 2.31. The van der Waals surface area contributed by atoms with E-state index in [-0.39, 0.29) is 6.10 Å². The summed E-state index contributed by atoms with van der Waals surface area (Å²) in [4.78, 5) is 6.31. The van der Waals surface area contributed by atoms with Gasteiger partial charge in [-0.1, -0.05) is 0 Å². The van der Waals surface area contributed by atoms with E-state index in [0.717, 1.165) is 25.9 Å². The number of hydrogen-bond acceptors (Lipinski definition) is 5. The van der Waals surface area contributed by atoms with Gasteiger partial charge in [0, 0.05) is 13.1 Å². The second-order valence-corrected chi connectivity index (χ2v) is 4.27. The maximum Gasteiger partial charge on any atom is 0.266 e. The van der Waals surface area contributed by atoms with Crippen LogP contribution < -0.4 is 4.90 Å². The van der Waals surface area contributed by atoms with Gasteiger partial charge in [-0.05, 0) is 37.8 Å². The zero-order chi connectivity index (χ0) is 11.5. The number of nitrogens with zero attached hydrogens (tertiary/aromatic N) is 3. The third-order valence-electron chi connectivity index (χ3n) is 3.05. The fraction of sp³-hybridized carbons (Fsp3) is 0.818. The number of aromatic nitrogens is 2. The molecular weight excluding hydrogens is 206 g/mol. The summed E-state index contributed by atoms with van der Waals surface area (Å²) in [5.41, 5.74) is 0. The van der Waals surface area contributed by atoms with Gasteiger partial charge < -0.3 is 14.5 Å². The zero-order valence-electron chi connectivity index (χ0n) is 9.89. The minimum absolute atomic E-state index is 0.315. The van der Waals surface area contributed by atoms with Crippen LogP contribution in [0.2, 0.25) is 0 Å². The van der Waals surface area contributed by atoms with Crippen molar-refractivity contribution >= 4 is 5.95 Å². The number of anilines is 1. The fourth-order valence-electron chi connectivity index (χ4n) is 1.79. The van der Waals surface area contributed by atoms with Crippen molar-refractivity contribution in [1.29, 1.82) is 0 Å². The van der Waals surface area contributed by atoms with E-state index in [1.165, 1.54) is 0 Å². The Morgan fingerprint density at radius 1 is 1.44 bits per heavy atom. The molecule has 0 spiro atoms. The SMILES string of the molecule is CCN(CC)c1noc(CC(O)C2CC2)n1. The highest BCUT2D eigenvalue weighted by Crippen LogP contribution is 2.33. The molecule has 1 N–H and O–H groups in total. The Balaban J connectivity index is 1.95. The number of aliphatic hydroxyl groups excluding tert-OH is 1. The third kappa shape index (κ3) is 2.52. The number of aliphatic hydroxyl groups is 1. The van der Waals surface area contributed by atoms with Crippen molar-refractivity contribution < 1.29 is 9.63 Å². The summed E-state index contributed by atoms with van der Waals surface area (Å²) in [7, 11) is 0. The molecule has 1 aliphatic rings. The quantitative estimate of drug-likeness (QED) is 0.789. The largest absolute Gasteiger partial charge is 0.392 e. The van der Waals surface area contributed by atoms with Gasteiger partial charge in [0.15, 0.2) is 0 Å². The average molecular weight is 225 g/mol. The first-order chi connectivity index (χ1) is 7.74. The van der Waals surface area contributed by atoms with Crippen LogP contribution in [0, 0.1) is 5.92 Å². The van der Waals surface area contributed by atoms with Gasteiger partial charge in [-0.15, -0.1) is 0 Å². The summed E-state index contributed by atoms with van der Waals surface area (Å²) in [5.74, 6) is 1.62. The standard InChI is InChI=1S/C11H19N3O2/c1-3-14(4-2)11-12-10(16-13-11)7-9(15)8-5-6-8/h8-9,15H,3-7H2,1-2H3. The third-order valence-corrected chi connectivity index (χ3v) is 3.05. The fourth-order valence-corrected chi connectivity index (χ4v) is 1.79. The highest BCUT2D eigenvalue weighted by atomic mass is 16.5. The molecule has 1 saturated carbocycles. The molecule has 16 heavy (non-hydrogen) atoms. The van der Waals surface area contributed by atoms with E-state index in [4.69, 9.17) is 4.52 Å². The van der Waals surface area contributed by atoms with Crippen molar-refractivity contribution in [1.82, 2.24) is 10.1 Å². The van der Waals surface area contributed by atoms with Gasteiger partial charge in [0.25, 0.3) is 5.95 Å². The van der Waals surface area contributed by atoms with Crippen LogP contribution in [0.3, 0.4) is 0 Å². The Labute approximate surface area is 95.4 Å². The Bertz CT molecular complexity index is 332. The van der Waals surface area contributed by atoms with Gasteiger partial charge >= 0.3 is 0 Å². The summed E-state index contributed by atoms with van der Waals surface area (Å²) < 4.78 is 5.14. The predicted molar refractivity (Wildman–Crippen MR) is 60.3 cm³/mol. The normalized spacial score (nSPS) is 17.4. The minimum Gasteiger partial charge on any atom is -0.392 e. The van der Waals surface area contributed by atoms with Crippen LogP contribution in [0.4, 0.5) is 5.95 Å². The molecule has 0 radical (unpaired) electrons. The van der Waals surface area contributed by atoms with Gasteiger partial charge in [-0.25, -0.2) is 0 Å². The van der Waals surface area contributed by atoms with Gasteiger partial charge in [0.2, 0.25) is 5.89 Å². The summed E-state index contributed by atoms with van der Waals surface area (Å²) >= 11 is 0. The molecule has 0 saturated heterocycles. The Hall–Kier alpha value is -1.10. The van der Waals surface area contributed by atoms with Crippen molar-refractivity contribution in [2.75, 3.05) is 18.0 Å². The Morgan fingerprint density at radius 2 is 2.12 bits per heavy atom. The summed E-state index contributed by atoms with van der Waals surface area (Å²) in [6.07, 6.45) is 2.42. The summed E-state index contributed by atoms with van der Waals surface area (Å²) in [6, 6.07) is 0. The molecule has 1 aromatic rings. The lowest BCUT2D eigenvalue weighted by Crippen LogP contribution is -2.23. The summed E-state index contributed by atoms with van der Waals surface area (Å²) in [6.45, 7) is 5.83. The molecule has 1 fully saturated rings. The molecule has 1 aliphatic carbocycles. The molecular formula is C11H19N3O2.